The molecule has 0 radical (unpaired) electrons. The summed E-state index contributed by atoms with van der Waals surface area (Å²) in [5, 5.41) is 3.52. The van der Waals surface area contributed by atoms with Crippen molar-refractivity contribution >= 4 is 0 Å². The van der Waals surface area contributed by atoms with Gasteiger partial charge in [-0.3, -0.25) is 0 Å². The number of hydrogen-bond acceptors (Lipinski definition) is 2. The van der Waals surface area contributed by atoms with Crippen molar-refractivity contribution in [2.24, 2.45) is 11.3 Å². The van der Waals surface area contributed by atoms with Crippen molar-refractivity contribution in [3.05, 3.63) is 0 Å². The minimum absolute atomic E-state index is 0.491. The zero-order valence-electron chi connectivity index (χ0n) is 12.5. The van der Waals surface area contributed by atoms with Crippen molar-refractivity contribution in [1.29, 1.82) is 0 Å². The number of nitrogens with one attached hydrogen (secondary N) is 1. The lowest BCUT2D eigenvalue weighted by molar-refractivity contribution is -0.151. The standard InChI is InChI=1S/C16H31NO/c1-13(2)8-7-11-18-15-12-14(17-3)16(15)9-5-4-6-10-16/h13-15,17H,4-12H2,1-3H3. The van der Waals surface area contributed by atoms with Crippen LogP contribution in [-0.2, 0) is 4.74 Å². The normalized spacial score (nSPS) is 30.7. The molecule has 2 aliphatic rings. The molecule has 18 heavy (non-hydrogen) atoms. The van der Waals surface area contributed by atoms with E-state index in [1.165, 1.54) is 51.4 Å². The third kappa shape index (κ3) is 2.91. The highest BCUT2D eigenvalue weighted by molar-refractivity contribution is 5.08. The van der Waals surface area contributed by atoms with Gasteiger partial charge in [0.25, 0.3) is 0 Å². The van der Waals surface area contributed by atoms with Crippen LogP contribution in [0.25, 0.3) is 0 Å². The third-order valence-corrected chi connectivity index (χ3v) is 5.16. The highest BCUT2D eigenvalue weighted by Gasteiger charge is 2.54. The molecule has 0 amide bonds. The summed E-state index contributed by atoms with van der Waals surface area (Å²) in [6.07, 6.45) is 11.3. The van der Waals surface area contributed by atoms with E-state index in [2.05, 4.69) is 26.2 Å². The first-order valence-corrected chi connectivity index (χ1v) is 7.98. The molecule has 2 rings (SSSR count). The maximum Gasteiger partial charge on any atom is 0.0661 e. The van der Waals surface area contributed by atoms with E-state index >= 15 is 0 Å². The van der Waals surface area contributed by atoms with Crippen molar-refractivity contribution in [3.63, 3.8) is 0 Å². The molecule has 106 valence electrons. The van der Waals surface area contributed by atoms with Gasteiger partial charge in [0.05, 0.1) is 6.10 Å². The van der Waals surface area contributed by atoms with Crippen LogP contribution in [0.15, 0.2) is 0 Å². The van der Waals surface area contributed by atoms with E-state index in [1.54, 1.807) is 0 Å². The van der Waals surface area contributed by atoms with E-state index in [4.69, 9.17) is 4.74 Å². The smallest absolute Gasteiger partial charge is 0.0661 e. The number of ether oxygens (including phenoxy) is 1. The Hall–Kier alpha value is -0.0800. The molecule has 0 heterocycles. The lowest BCUT2D eigenvalue weighted by Gasteiger charge is -2.57. The van der Waals surface area contributed by atoms with Crippen molar-refractivity contribution in [2.45, 2.75) is 77.4 Å². The van der Waals surface area contributed by atoms with Crippen LogP contribution in [0.1, 0.15) is 65.2 Å². The Morgan fingerprint density at radius 3 is 2.56 bits per heavy atom. The largest absolute Gasteiger partial charge is 0.378 e. The minimum atomic E-state index is 0.491. The molecular weight excluding hydrogens is 222 g/mol. The molecule has 1 spiro atoms. The van der Waals surface area contributed by atoms with Gasteiger partial charge in [-0.1, -0.05) is 33.1 Å². The molecule has 0 aromatic heterocycles. The molecule has 0 aliphatic heterocycles. The second kappa shape index (κ2) is 6.38. The quantitative estimate of drug-likeness (QED) is 0.728. The molecule has 2 nitrogen and oxygen atoms in total. The SMILES string of the molecule is CNC1CC(OCCCC(C)C)C12CCCCC2. The topological polar surface area (TPSA) is 21.3 Å². The van der Waals surface area contributed by atoms with Crippen LogP contribution in [0.4, 0.5) is 0 Å². The van der Waals surface area contributed by atoms with E-state index in [-0.39, 0.29) is 0 Å². The molecule has 2 heteroatoms. The second-order valence-electron chi connectivity index (χ2n) is 6.77. The summed E-state index contributed by atoms with van der Waals surface area (Å²) in [5.74, 6) is 0.809. The molecule has 2 atom stereocenters. The summed E-state index contributed by atoms with van der Waals surface area (Å²) >= 11 is 0. The van der Waals surface area contributed by atoms with Crippen LogP contribution in [-0.4, -0.2) is 25.8 Å². The van der Waals surface area contributed by atoms with Gasteiger partial charge in [0.15, 0.2) is 0 Å². The summed E-state index contributed by atoms with van der Waals surface area (Å²) in [4.78, 5) is 0. The lowest BCUT2D eigenvalue weighted by Crippen LogP contribution is -2.63. The van der Waals surface area contributed by atoms with Crippen molar-refractivity contribution in [3.8, 4) is 0 Å². The van der Waals surface area contributed by atoms with Gasteiger partial charge in [0.1, 0.15) is 0 Å². The van der Waals surface area contributed by atoms with Gasteiger partial charge in [-0.2, -0.15) is 0 Å². The van der Waals surface area contributed by atoms with E-state index in [1.807, 2.05) is 0 Å². The fraction of sp³-hybridized carbons (Fsp3) is 1.00. The highest BCUT2D eigenvalue weighted by atomic mass is 16.5. The minimum Gasteiger partial charge on any atom is -0.378 e. The van der Waals surface area contributed by atoms with Crippen LogP contribution in [0.3, 0.4) is 0 Å². The molecule has 2 saturated carbocycles. The average molecular weight is 253 g/mol. The van der Waals surface area contributed by atoms with Gasteiger partial charge in [-0.15, -0.1) is 0 Å². The maximum atomic E-state index is 6.21. The average Bonchev–Trinajstić information content (AvgIpc) is 2.37. The Bertz CT molecular complexity index is 245. The third-order valence-electron chi connectivity index (χ3n) is 5.16. The molecule has 2 aliphatic carbocycles. The lowest BCUT2D eigenvalue weighted by atomic mass is 9.55. The summed E-state index contributed by atoms with van der Waals surface area (Å²) in [6.45, 7) is 5.56. The summed E-state index contributed by atoms with van der Waals surface area (Å²) in [7, 11) is 2.12. The fourth-order valence-corrected chi connectivity index (χ4v) is 3.98. The molecule has 2 unspecified atom stereocenters. The first-order valence-electron chi connectivity index (χ1n) is 7.98. The molecule has 2 fully saturated rings. The van der Waals surface area contributed by atoms with Crippen molar-refractivity contribution in [1.82, 2.24) is 5.32 Å². The number of hydrogen-bond donors (Lipinski definition) is 1. The van der Waals surface area contributed by atoms with Crippen LogP contribution < -0.4 is 5.32 Å². The molecule has 0 saturated heterocycles. The number of rotatable bonds is 6. The summed E-state index contributed by atoms with van der Waals surface area (Å²) < 4.78 is 6.21. The highest BCUT2D eigenvalue weighted by Crippen LogP contribution is 2.53. The van der Waals surface area contributed by atoms with Gasteiger partial charge < -0.3 is 10.1 Å². The van der Waals surface area contributed by atoms with Crippen LogP contribution in [0.2, 0.25) is 0 Å². The molecule has 0 aromatic rings. The van der Waals surface area contributed by atoms with Crippen molar-refractivity contribution < 1.29 is 4.74 Å². The molecule has 1 N–H and O–H groups in total. The molecule has 0 bridgehead atoms. The fourth-order valence-electron chi connectivity index (χ4n) is 3.98. The zero-order chi connectivity index (χ0) is 13.0. The monoisotopic (exact) mass is 253 g/mol. The predicted octanol–water partition coefficient (Wildman–Crippen LogP) is 3.75. The Morgan fingerprint density at radius 1 is 1.22 bits per heavy atom. The predicted molar refractivity (Wildman–Crippen MR) is 76.8 cm³/mol. The van der Waals surface area contributed by atoms with E-state index in [0.29, 0.717) is 17.6 Å². The van der Waals surface area contributed by atoms with E-state index < -0.39 is 0 Å². The van der Waals surface area contributed by atoms with Crippen molar-refractivity contribution in [2.75, 3.05) is 13.7 Å². The Balaban J connectivity index is 1.78. The Labute approximate surface area is 113 Å². The second-order valence-corrected chi connectivity index (χ2v) is 6.77. The summed E-state index contributed by atoms with van der Waals surface area (Å²) in [5.41, 5.74) is 0.491. The summed E-state index contributed by atoms with van der Waals surface area (Å²) in [6, 6.07) is 0.716. The Morgan fingerprint density at radius 2 is 1.94 bits per heavy atom. The van der Waals surface area contributed by atoms with Crippen LogP contribution in [0.5, 0.6) is 0 Å². The van der Waals surface area contributed by atoms with Crippen LogP contribution >= 0.6 is 0 Å². The molecular formula is C16H31NO. The van der Waals surface area contributed by atoms with Gasteiger partial charge >= 0.3 is 0 Å². The molecule has 0 aromatic carbocycles. The van der Waals surface area contributed by atoms with E-state index in [9.17, 15) is 0 Å². The van der Waals surface area contributed by atoms with Crippen LogP contribution in [0, 0.1) is 11.3 Å². The van der Waals surface area contributed by atoms with Gasteiger partial charge in [0, 0.05) is 18.1 Å². The van der Waals surface area contributed by atoms with E-state index in [0.717, 1.165) is 12.5 Å². The van der Waals surface area contributed by atoms with Gasteiger partial charge in [-0.25, -0.2) is 0 Å². The maximum absolute atomic E-state index is 6.21. The first-order chi connectivity index (χ1) is 8.69. The zero-order valence-corrected chi connectivity index (χ0v) is 12.5. The van der Waals surface area contributed by atoms with Gasteiger partial charge in [0.2, 0.25) is 0 Å². The Kier molecular flexibility index (Phi) is 5.08. The first kappa shape index (κ1) is 14.3. The van der Waals surface area contributed by atoms with Gasteiger partial charge in [-0.05, 0) is 45.1 Å².